The van der Waals surface area contributed by atoms with Crippen LogP contribution in [0.25, 0.3) is 0 Å². The van der Waals surface area contributed by atoms with E-state index in [0.717, 1.165) is 17.3 Å². The third-order valence-electron chi connectivity index (χ3n) is 2.04. The van der Waals surface area contributed by atoms with Crippen LogP contribution in [-0.2, 0) is 12.3 Å². The third-order valence-corrected chi connectivity index (χ3v) is 3.08. The van der Waals surface area contributed by atoms with Crippen molar-refractivity contribution >= 4 is 11.8 Å². The van der Waals surface area contributed by atoms with Crippen LogP contribution in [0.1, 0.15) is 11.5 Å². The van der Waals surface area contributed by atoms with Crippen molar-refractivity contribution in [3.05, 3.63) is 54.0 Å². The van der Waals surface area contributed by atoms with Crippen LogP contribution in [0, 0.1) is 0 Å². The highest BCUT2D eigenvalue weighted by molar-refractivity contribution is 7.98. The summed E-state index contributed by atoms with van der Waals surface area (Å²) in [6.07, 6.45) is 0. The van der Waals surface area contributed by atoms with Gasteiger partial charge in [-0.05, 0) is 24.3 Å². The lowest BCUT2D eigenvalue weighted by molar-refractivity contribution is 0.482. The van der Waals surface area contributed by atoms with Gasteiger partial charge in [0.1, 0.15) is 11.5 Å². The van der Waals surface area contributed by atoms with Crippen molar-refractivity contribution in [2.75, 3.05) is 0 Å². The Morgan fingerprint density at radius 1 is 1.00 bits per heavy atom. The molecular weight excluding hydrogens is 206 g/mol. The second-order valence-corrected chi connectivity index (χ2v) is 4.22. The van der Waals surface area contributed by atoms with E-state index in [9.17, 15) is 0 Å². The Morgan fingerprint density at radius 3 is 2.40 bits per heavy atom. The Morgan fingerprint density at radius 2 is 1.73 bits per heavy atom. The molecule has 2 N–H and O–H groups in total. The number of benzene rings is 1. The molecule has 1 heterocycles. The maximum atomic E-state index is 5.51. The molecule has 1 aromatic heterocycles. The fourth-order valence-corrected chi connectivity index (χ4v) is 2.09. The highest BCUT2D eigenvalue weighted by Gasteiger charge is 2.01. The van der Waals surface area contributed by atoms with Gasteiger partial charge >= 0.3 is 0 Å². The lowest BCUT2D eigenvalue weighted by atomic mass is 10.4. The lowest BCUT2D eigenvalue weighted by Gasteiger charge is -1.98. The molecule has 0 aliphatic heterocycles. The second-order valence-electron chi connectivity index (χ2n) is 3.17. The molecule has 0 saturated heterocycles. The zero-order valence-corrected chi connectivity index (χ0v) is 9.17. The van der Waals surface area contributed by atoms with Gasteiger partial charge in [-0.25, -0.2) is 0 Å². The number of furan rings is 1. The molecule has 2 rings (SSSR count). The Kier molecular flexibility index (Phi) is 3.48. The molecule has 0 spiro atoms. The van der Waals surface area contributed by atoms with Gasteiger partial charge in [0, 0.05) is 4.90 Å². The normalized spacial score (nSPS) is 10.5. The van der Waals surface area contributed by atoms with Crippen molar-refractivity contribution < 1.29 is 4.42 Å². The van der Waals surface area contributed by atoms with Crippen LogP contribution in [0.2, 0.25) is 0 Å². The van der Waals surface area contributed by atoms with Gasteiger partial charge in [0.15, 0.2) is 0 Å². The van der Waals surface area contributed by atoms with Crippen molar-refractivity contribution in [2.24, 2.45) is 5.73 Å². The third kappa shape index (κ3) is 2.88. The average Bonchev–Trinajstić information content (AvgIpc) is 2.76. The van der Waals surface area contributed by atoms with Gasteiger partial charge < -0.3 is 10.2 Å². The largest absolute Gasteiger partial charge is 0.464 e. The van der Waals surface area contributed by atoms with Crippen LogP contribution in [0.4, 0.5) is 0 Å². The minimum absolute atomic E-state index is 0.468. The Labute approximate surface area is 93.5 Å². The highest BCUT2D eigenvalue weighted by Crippen LogP contribution is 2.23. The summed E-state index contributed by atoms with van der Waals surface area (Å²) in [7, 11) is 0. The van der Waals surface area contributed by atoms with E-state index in [1.54, 1.807) is 11.8 Å². The molecule has 1 aromatic carbocycles. The van der Waals surface area contributed by atoms with Crippen LogP contribution >= 0.6 is 11.8 Å². The molecule has 2 aromatic rings. The summed E-state index contributed by atoms with van der Waals surface area (Å²) in [5.41, 5.74) is 5.47. The lowest BCUT2D eigenvalue weighted by Crippen LogP contribution is -1.92. The number of hydrogen-bond donors (Lipinski definition) is 1. The molecule has 15 heavy (non-hydrogen) atoms. The van der Waals surface area contributed by atoms with Gasteiger partial charge in [-0.3, -0.25) is 0 Å². The maximum absolute atomic E-state index is 5.51. The predicted octanol–water partition coefficient (Wildman–Crippen LogP) is 3.03. The molecule has 0 saturated carbocycles. The molecule has 0 amide bonds. The van der Waals surface area contributed by atoms with Gasteiger partial charge in [0.05, 0.1) is 12.3 Å². The molecule has 0 fully saturated rings. The summed E-state index contributed by atoms with van der Waals surface area (Å²) in [6, 6.07) is 14.2. The van der Waals surface area contributed by atoms with Crippen molar-refractivity contribution in [2.45, 2.75) is 17.2 Å². The molecule has 0 aliphatic rings. The van der Waals surface area contributed by atoms with E-state index in [-0.39, 0.29) is 0 Å². The van der Waals surface area contributed by atoms with E-state index in [1.807, 2.05) is 30.3 Å². The van der Waals surface area contributed by atoms with Gasteiger partial charge in [-0.15, -0.1) is 11.8 Å². The summed E-state index contributed by atoms with van der Waals surface area (Å²) in [6.45, 7) is 0.468. The van der Waals surface area contributed by atoms with Crippen molar-refractivity contribution in [3.63, 3.8) is 0 Å². The fourth-order valence-electron chi connectivity index (χ4n) is 1.28. The smallest absolute Gasteiger partial charge is 0.117 e. The average molecular weight is 219 g/mol. The number of hydrogen-bond acceptors (Lipinski definition) is 3. The second kappa shape index (κ2) is 5.05. The first kappa shape index (κ1) is 10.3. The number of nitrogens with two attached hydrogens (primary N) is 1. The van der Waals surface area contributed by atoms with E-state index in [1.165, 1.54) is 4.90 Å². The molecule has 0 radical (unpaired) electrons. The number of thioether (sulfide) groups is 1. The highest BCUT2D eigenvalue weighted by atomic mass is 32.2. The summed E-state index contributed by atoms with van der Waals surface area (Å²) in [5, 5.41) is 0. The molecule has 2 nitrogen and oxygen atoms in total. The van der Waals surface area contributed by atoms with Crippen molar-refractivity contribution in [3.8, 4) is 0 Å². The zero-order valence-electron chi connectivity index (χ0n) is 8.35. The predicted molar refractivity (Wildman–Crippen MR) is 62.6 cm³/mol. The first-order valence-corrected chi connectivity index (χ1v) is 5.82. The van der Waals surface area contributed by atoms with Crippen molar-refractivity contribution in [1.29, 1.82) is 0 Å². The van der Waals surface area contributed by atoms with Crippen LogP contribution in [0.15, 0.2) is 51.8 Å². The minimum atomic E-state index is 0.468. The van der Waals surface area contributed by atoms with Gasteiger partial charge in [0.25, 0.3) is 0 Å². The molecule has 0 aliphatic carbocycles. The Bertz CT molecular complexity index is 411. The SMILES string of the molecule is NCc1ccc(CSc2ccccc2)o1. The van der Waals surface area contributed by atoms with Crippen LogP contribution < -0.4 is 5.73 Å². The molecule has 3 heteroatoms. The Hall–Kier alpha value is -1.19. The number of rotatable bonds is 4. The van der Waals surface area contributed by atoms with E-state index in [0.29, 0.717) is 6.54 Å². The Balaban J connectivity index is 1.93. The van der Waals surface area contributed by atoms with Gasteiger partial charge in [-0.2, -0.15) is 0 Å². The summed E-state index contributed by atoms with van der Waals surface area (Å²) >= 11 is 1.76. The zero-order chi connectivity index (χ0) is 10.5. The summed E-state index contributed by atoms with van der Waals surface area (Å²) < 4.78 is 5.51. The van der Waals surface area contributed by atoms with Gasteiger partial charge in [-0.1, -0.05) is 18.2 Å². The van der Waals surface area contributed by atoms with E-state index >= 15 is 0 Å². The molecular formula is C12H13NOS. The van der Waals surface area contributed by atoms with Crippen molar-refractivity contribution in [1.82, 2.24) is 0 Å². The van der Waals surface area contributed by atoms with E-state index < -0.39 is 0 Å². The molecule has 78 valence electrons. The first-order valence-electron chi connectivity index (χ1n) is 4.84. The monoisotopic (exact) mass is 219 g/mol. The quantitative estimate of drug-likeness (QED) is 0.803. The fraction of sp³-hybridized carbons (Fsp3) is 0.167. The van der Waals surface area contributed by atoms with Crippen LogP contribution in [0.5, 0.6) is 0 Å². The van der Waals surface area contributed by atoms with Crippen LogP contribution in [0.3, 0.4) is 0 Å². The first-order chi connectivity index (χ1) is 7.38. The summed E-state index contributed by atoms with van der Waals surface area (Å²) in [4.78, 5) is 1.25. The minimum Gasteiger partial charge on any atom is -0.464 e. The topological polar surface area (TPSA) is 39.2 Å². The molecule has 0 unspecified atom stereocenters. The van der Waals surface area contributed by atoms with E-state index in [2.05, 4.69) is 12.1 Å². The standard InChI is InChI=1S/C12H13NOS/c13-8-10-6-7-11(14-10)9-15-12-4-2-1-3-5-12/h1-7H,8-9,13H2. The van der Waals surface area contributed by atoms with Gasteiger partial charge in [0.2, 0.25) is 0 Å². The molecule has 0 bridgehead atoms. The van der Waals surface area contributed by atoms with Crippen LogP contribution in [-0.4, -0.2) is 0 Å². The molecule has 0 atom stereocenters. The maximum Gasteiger partial charge on any atom is 0.117 e. The summed E-state index contributed by atoms with van der Waals surface area (Å²) in [5.74, 6) is 2.67. The van der Waals surface area contributed by atoms with E-state index in [4.69, 9.17) is 10.2 Å².